The Hall–Kier alpha value is -1.94. The summed E-state index contributed by atoms with van der Waals surface area (Å²) in [6, 6.07) is 0. The molecule has 0 bridgehead atoms. The van der Waals surface area contributed by atoms with Crippen LogP contribution in [0.4, 0.5) is 0 Å². The van der Waals surface area contributed by atoms with Crippen LogP contribution in [-0.2, 0) is 19.1 Å². The molecule has 0 spiro atoms. The minimum Gasteiger partial charge on any atom is -0.465 e. The van der Waals surface area contributed by atoms with Gasteiger partial charge in [-0.1, -0.05) is 6.92 Å². The van der Waals surface area contributed by atoms with Crippen molar-refractivity contribution < 1.29 is 19.1 Å². The minimum absolute atomic E-state index is 0.0166. The van der Waals surface area contributed by atoms with Crippen LogP contribution in [0.15, 0.2) is 0 Å². The number of hydrogen-bond donors (Lipinski definition) is 0. The van der Waals surface area contributed by atoms with E-state index >= 15 is 0 Å². The second-order valence-corrected chi connectivity index (χ2v) is 3.79. The number of esters is 2. The van der Waals surface area contributed by atoms with E-state index in [1.165, 1.54) is 0 Å². The lowest BCUT2D eigenvalue weighted by Crippen LogP contribution is -2.41. The van der Waals surface area contributed by atoms with Gasteiger partial charge in [-0.25, -0.2) is 0 Å². The minimum atomic E-state index is -1.51. The number of hydrogen-bond acceptors (Lipinski definition) is 4. The highest BCUT2D eigenvalue weighted by Gasteiger charge is 2.47. The first-order chi connectivity index (χ1) is 9.08. The van der Waals surface area contributed by atoms with Crippen molar-refractivity contribution in [1.82, 2.24) is 0 Å². The number of carbonyl (C=O) groups is 2. The number of rotatable bonds is 6. The van der Waals surface area contributed by atoms with Crippen molar-refractivity contribution in [2.24, 2.45) is 5.41 Å². The van der Waals surface area contributed by atoms with Crippen LogP contribution in [0, 0.1) is 29.6 Å². The van der Waals surface area contributed by atoms with Crippen LogP contribution in [-0.4, -0.2) is 25.2 Å². The molecule has 0 unspecified atom stereocenters. The summed E-state index contributed by atoms with van der Waals surface area (Å²) in [7, 11) is 0. The Morgan fingerprint density at radius 2 is 1.53 bits per heavy atom. The summed E-state index contributed by atoms with van der Waals surface area (Å²) in [5.41, 5.74) is -1.51. The van der Waals surface area contributed by atoms with E-state index in [4.69, 9.17) is 15.9 Å². The van der Waals surface area contributed by atoms with E-state index in [0.29, 0.717) is 6.42 Å². The molecule has 4 nitrogen and oxygen atoms in total. The fourth-order valence-corrected chi connectivity index (χ4v) is 1.49. The fourth-order valence-electron chi connectivity index (χ4n) is 1.49. The molecular formula is C15H20O4. The van der Waals surface area contributed by atoms with Gasteiger partial charge in [0, 0.05) is 19.3 Å². The molecule has 0 aliphatic carbocycles. The molecule has 0 aliphatic rings. The summed E-state index contributed by atoms with van der Waals surface area (Å²) >= 11 is 0. The maximum Gasteiger partial charge on any atom is 0.325 e. The molecule has 0 aliphatic heterocycles. The van der Waals surface area contributed by atoms with Gasteiger partial charge in [0.15, 0.2) is 5.41 Å². The van der Waals surface area contributed by atoms with E-state index in [1.807, 2.05) is 6.92 Å². The van der Waals surface area contributed by atoms with Gasteiger partial charge in [0.25, 0.3) is 0 Å². The molecule has 0 aromatic heterocycles. The van der Waals surface area contributed by atoms with Crippen molar-refractivity contribution in [3.05, 3.63) is 0 Å². The topological polar surface area (TPSA) is 52.6 Å². The van der Waals surface area contributed by atoms with E-state index in [0.717, 1.165) is 0 Å². The lowest BCUT2D eigenvalue weighted by molar-refractivity contribution is -0.171. The van der Waals surface area contributed by atoms with Crippen molar-refractivity contribution in [2.75, 3.05) is 13.2 Å². The monoisotopic (exact) mass is 264 g/mol. The molecule has 19 heavy (non-hydrogen) atoms. The predicted octanol–water partition coefficient (Wildman–Crippen LogP) is 1.93. The number of terminal acetylenes is 1. The van der Waals surface area contributed by atoms with Crippen LogP contribution in [0.25, 0.3) is 0 Å². The first kappa shape index (κ1) is 17.1. The molecule has 0 atom stereocenters. The SMILES string of the molecule is C#CCC(CC#CCC)(C(=O)OCC)C(=O)OCC. The third-order valence-corrected chi connectivity index (χ3v) is 2.43. The van der Waals surface area contributed by atoms with Crippen molar-refractivity contribution in [2.45, 2.75) is 40.0 Å². The lowest BCUT2D eigenvalue weighted by Gasteiger charge is -2.25. The van der Waals surface area contributed by atoms with Gasteiger partial charge in [-0.05, 0) is 13.8 Å². The Morgan fingerprint density at radius 3 is 1.89 bits per heavy atom. The quantitative estimate of drug-likeness (QED) is 0.418. The standard InChI is InChI=1S/C15H20O4/c1-5-9-10-12-15(11-6-2,13(16)18-7-3)14(17)19-8-4/h2H,5,7-8,11-12H2,1,3-4H3. The molecule has 104 valence electrons. The molecule has 0 aromatic rings. The second-order valence-electron chi connectivity index (χ2n) is 3.79. The molecule has 4 heteroatoms. The molecule has 0 aromatic carbocycles. The average Bonchev–Trinajstić information content (AvgIpc) is 2.38. The molecule has 0 N–H and O–H groups in total. The van der Waals surface area contributed by atoms with Crippen molar-refractivity contribution in [3.63, 3.8) is 0 Å². The van der Waals surface area contributed by atoms with Crippen LogP contribution in [0.2, 0.25) is 0 Å². The Bertz CT molecular complexity index is 388. The van der Waals surface area contributed by atoms with Gasteiger partial charge in [0.05, 0.1) is 13.2 Å². The smallest absolute Gasteiger partial charge is 0.325 e. The van der Waals surface area contributed by atoms with Gasteiger partial charge in [-0.2, -0.15) is 0 Å². The van der Waals surface area contributed by atoms with Gasteiger partial charge in [-0.15, -0.1) is 24.2 Å². The second kappa shape index (κ2) is 9.05. The average molecular weight is 264 g/mol. The Labute approximate surface area is 114 Å². The largest absolute Gasteiger partial charge is 0.465 e. The van der Waals surface area contributed by atoms with E-state index in [-0.39, 0.29) is 26.1 Å². The highest BCUT2D eigenvalue weighted by Crippen LogP contribution is 2.30. The van der Waals surface area contributed by atoms with Crippen LogP contribution < -0.4 is 0 Å². The molecule has 0 rings (SSSR count). The molecule has 0 amide bonds. The van der Waals surface area contributed by atoms with Gasteiger partial charge in [0.1, 0.15) is 0 Å². The summed E-state index contributed by atoms with van der Waals surface area (Å²) in [5, 5.41) is 0. The zero-order chi connectivity index (χ0) is 14.7. The van der Waals surface area contributed by atoms with Gasteiger partial charge >= 0.3 is 11.9 Å². The van der Waals surface area contributed by atoms with Gasteiger partial charge in [-0.3, -0.25) is 9.59 Å². The maximum absolute atomic E-state index is 12.1. The summed E-state index contributed by atoms with van der Waals surface area (Å²) in [4.78, 5) is 24.2. The van der Waals surface area contributed by atoms with Crippen molar-refractivity contribution >= 4 is 11.9 Å². The van der Waals surface area contributed by atoms with Crippen LogP contribution >= 0.6 is 0 Å². The Balaban J connectivity index is 5.39. The molecule has 0 saturated heterocycles. The van der Waals surface area contributed by atoms with Crippen molar-refractivity contribution in [1.29, 1.82) is 0 Å². The van der Waals surface area contributed by atoms with Crippen LogP contribution in [0.5, 0.6) is 0 Å². The first-order valence-electron chi connectivity index (χ1n) is 6.32. The maximum atomic E-state index is 12.1. The Kier molecular flexibility index (Phi) is 8.13. The third kappa shape index (κ3) is 4.67. The third-order valence-electron chi connectivity index (χ3n) is 2.43. The van der Waals surface area contributed by atoms with Gasteiger partial charge in [0.2, 0.25) is 0 Å². The summed E-state index contributed by atoms with van der Waals surface area (Å²) in [6.07, 6.45) is 5.85. The molecule has 0 saturated carbocycles. The summed E-state index contributed by atoms with van der Waals surface area (Å²) in [5.74, 6) is 6.62. The Morgan fingerprint density at radius 1 is 1.00 bits per heavy atom. The molecule has 0 heterocycles. The highest BCUT2D eigenvalue weighted by molar-refractivity contribution is 6.00. The zero-order valence-corrected chi connectivity index (χ0v) is 11.7. The van der Waals surface area contributed by atoms with Crippen molar-refractivity contribution in [3.8, 4) is 24.2 Å². The normalized spacial score (nSPS) is 9.79. The van der Waals surface area contributed by atoms with Gasteiger partial charge < -0.3 is 9.47 Å². The van der Waals surface area contributed by atoms with E-state index in [9.17, 15) is 9.59 Å². The van der Waals surface area contributed by atoms with Crippen LogP contribution in [0.3, 0.4) is 0 Å². The van der Waals surface area contributed by atoms with E-state index < -0.39 is 17.4 Å². The fraction of sp³-hybridized carbons (Fsp3) is 0.600. The number of ether oxygens (including phenoxy) is 2. The van der Waals surface area contributed by atoms with E-state index in [1.54, 1.807) is 13.8 Å². The summed E-state index contributed by atoms with van der Waals surface area (Å²) in [6.45, 7) is 5.56. The summed E-state index contributed by atoms with van der Waals surface area (Å²) < 4.78 is 9.91. The zero-order valence-electron chi connectivity index (χ0n) is 11.7. The lowest BCUT2D eigenvalue weighted by atomic mass is 9.81. The van der Waals surface area contributed by atoms with E-state index in [2.05, 4.69) is 17.8 Å². The molecular weight excluding hydrogens is 244 g/mol. The highest BCUT2D eigenvalue weighted by atomic mass is 16.6. The molecule has 0 fully saturated rings. The first-order valence-corrected chi connectivity index (χ1v) is 6.32. The van der Waals surface area contributed by atoms with Crippen LogP contribution in [0.1, 0.15) is 40.0 Å². The number of carbonyl (C=O) groups excluding carboxylic acids is 2. The molecule has 0 radical (unpaired) electrons. The predicted molar refractivity (Wildman–Crippen MR) is 71.8 cm³/mol.